The number of hydrazone groups is 1. The topological polar surface area (TPSA) is 106 Å². The fourth-order valence-corrected chi connectivity index (χ4v) is 4.56. The summed E-state index contributed by atoms with van der Waals surface area (Å²) in [6.45, 7) is 2.21. The lowest BCUT2D eigenvalue weighted by molar-refractivity contribution is 0.101. The minimum absolute atomic E-state index is 0.0615. The number of nitrogens with zero attached hydrogens (tertiary/aromatic N) is 4. The molecule has 1 aromatic heterocycles. The Morgan fingerprint density at radius 3 is 2.51 bits per heavy atom. The van der Waals surface area contributed by atoms with Crippen LogP contribution >= 0.6 is 11.8 Å². The highest BCUT2D eigenvalue weighted by Gasteiger charge is 2.31. The summed E-state index contributed by atoms with van der Waals surface area (Å²) in [5, 5.41) is 8.74. The Balaban J connectivity index is 1.63. The first-order valence-electron chi connectivity index (χ1n) is 11.0. The predicted octanol–water partition coefficient (Wildman–Crippen LogP) is 4.60. The monoisotopic (exact) mass is 491 g/mol. The third kappa shape index (κ3) is 5.43. The summed E-state index contributed by atoms with van der Waals surface area (Å²) >= 11 is 1.23. The van der Waals surface area contributed by atoms with Crippen molar-refractivity contribution in [3.63, 3.8) is 0 Å². The average Bonchev–Trinajstić information content (AvgIpc) is 2.90. The van der Waals surface area contributed by atoms with E-state index in [1.165, 1.54) is 29.2 Å². The fraction of sp³-hybridized carbons (Fsp3) is 0.240. The van der Waals surface area contributed by atoms with Gasteiger partial charge in [-0.1, -0.05) is 36.9 Å². The number of para-hydroxylation sites is 1. The van der Waals surface area contributed by atoms with Gasteiger partial charge in [0.1, 0.15) is 0 Å². The first-order valence-corrected chi connectivity index (χ1v) is 11.9. The standard InChI is InChI=1S/C25H25N5O4S/c1-4-21-22(16-10-11-19(33-2)20(14-16)34-3)29-30(25(32)35-21)15-17-8-5-6-9-18(17)28-24(31)23-26-12-7-13-27-23/h5-14,21H,4,15H2,1-3H3,(H,28,31). The van der Waals surface area contributed by atoms with Crippen molar-refractivity contribution < 1.29 is 19.1 Å². The van der Waals surface area contributed by atoms with Crippen molar-refractivity contribution in [3.05, 3.63) is 77.9 Å². The van der Waals surface area contributed by atoms with Crippen LogP contribution in [0.3, 0.4) is 0 Å². The van der Waals surface area contributed by atoms with Gasteiger partial charge in [0, 0.05) is 23.6 Å². The molecule has 1 unspecified atom stereocenters. The van der Waals surface area contributed by atoms with Gasteiger partial charge in [-0.25, -0.2) is 15.0 Å². The number of amides is 2. The van der Waals surface area contributed by atoms with Gasteiger partial charge in [0.25, 0.3) is 5.91 Å². The molecule has 1 N–H and O–H groups in total. The zero-order valence-electron chi connectivity index (χ0n) is 19.6. The molecule has 1 atom stereocenters. The number of thioether (sulfide) groups is 1. The summed E-state index contributed by atoms with van der Waals surface area (Å²) in [6.07, 6.45) is 3.75. The summed E-state index contributed by atoms with van der Waals surface area (Å²) in [5.74, 6) is 0.838. The van der Waals surface area contributed by atoms with E-state index in [9.17, 15) is 9.59 Å². The number of methoxy groups -OCH3 is 2. The number of hydrogen-bond donors (Lipinski definition) is 1. The Morgan fingerprint density at radius 2 is 1.80 bits per heavy atom. The summed E-state index contributed by atoms with van der Waals surface area (Å²) in [5.41, 5.74) is 2.92. The molecule has 9 nitrogen and oxygen atoms in total. The highest BCUT2D eigenvalue weighted by molar-refractivity contribution is 8.14. The van der Waals surface area contributed by atoms with Crippen LogP contribution in [-0.4, -0.2) is 51.3 Å². The fourth-order valence-electron chi connectivity index (χ4n) is 3.63. The Kier molecular flexibility index (Phi) is 7.61. The molecule has 0 fully saturated rings. The molecule has 10 heteroatoms. The lowest BCUT2D eigenvalue weighted by Gasteiger charge is -2.29. The van der Waals surface area contributed by atoms with Crippen LogP contribution in [0.2, 0.25) is 0 Å². The van der Waals surface area contributed by atoms with E-state index < -0.39 is 5.91 Å². The number of carbonyl (C=O) groups is 2. The number of nitrogens with one attached hydrogen (secondary N) is 1. The van der Waals surface area contributed by atoms with Gasteiger partial charge < -0.3 is 14.8 Å². The van der Waals surface area contributed by atoms with Gasteiger partial charge in [-0.2, -0.15) is 5.10 Å². The van der Waals surface area contributed by atoms with Crippen LogP contribution in [0, 0.1) is 0 Å². The second kappa shape index (κ2) is 11.0. The second-order valence-corrected chi connectivity index (χ2v) is 8.73. The largest absolute Gasteiger partial charge is 0.493 e. The molecule has 1 aliphatic heterocycles. The van der Waals surface area contributed by atoms with Gasteiger partial charge in [0.2, 0.25) is 5.82 Å². The number of benzene rings is 2. The maximum absolute atomic E-state index is 13.0. The molecule has 0 radical (unpaired) electrons. The van der Waals surface area contributed by atoms with E-state index in [1.807, 2.05) is 43.3 Å². The van der Waals surface area contributed by atoms with Gasteiger partial charge in [-0.3, -0.25) is 9.59 Å². The Bertz CT molecular complexity index is 1250. The molecule has 2 amide bonds. The van der Waals surface area contributed by atoms with E-state index in [0.717, 1.165) is 23.3 Å². The van der Waals surface area contributed by atoms with E-state index >= 15 is 0 Å². The molecule has 0 saturated carbocycles. The molecule has 0 bridgehead atoms. The van der Waals surface area contributed by atoms with Crippen LogP contribution in [-0.2, 0) is 6.54 Å². The third-order valence-corrected chi connectivity index (χ3v) is 6.65. The lowest BCUT2D eigenvalue weighted by atomic mass is 10.0. The molecular weight excluding hydrogens is 466 g/mol. The zero-order chi connectivity index (χ0) is 24.8. The Morgan fingerprint density at radius 1 is 1.06 bits per heavy atom. The molecule has 1 aliphatic rings. The van der Waals surface area contributed by atoms with Crippen LogP contribution in [0.25, 0.3) is 0 Å². The van der Waals surface area contributed by atoms with E-state index in [1.54, 1.807) is 26.4 Å². The molecule has 2 heterocycles. The molecule has 2 aromatic carbocycles. The van der Waals surface area contributed by atoms with Crippen LogP contribution in [0.4, 0.5) is 10.5 Å². The van der Waals surface area contributed by atoms with Gasteiger partial charge in [-0.15, -0.1) is 0 Å². The van der Waals surface area contributed by atoms with Crippen LogP contribution < -0.4 is 14.8 Å². The molecular formula is C25H25N5O4S. The number of carbonyl (C=O) groups excluding carboxylic acids is 2. The smallest absolute Gasteiger partial charge is 0.302 e. The van der Waals surface area contributed by atoms with Crippen molar-refractivity contribution in [3.8, 4) is 11.5 Å². The Labute approximate surface area is 207 Å². The average molecular weight is 492 g/mol. The molecule has 4 rings (SSSR count). The molecule has 0 saturated heterocycles. The molecule has 0 spiro atoms. The zero-order valence-corrected chi connectivity index (χ0v) is 20.4. The maximum Gasteiger partial charge on any atom is 0.302 e. The highest BCUT2D eigenvalue weighted by Crippen LogP contribution is 2.34. The second-order valence-electron chi connectivity index (χ2n) is 7.58. The van der Waals surface area contributed by atoms with Crippen molar-refractivity contribution in [1.82, 2.24) is 15.0 Å². The van der Waals surface area contributed by atoms with Gasteiger partial charge in [0.15, 0.2) is 11.5 Å². The minimum Gasteiger partial charge on any atom is -0.493 e. The summed E-state index contributed by atoms with van der Waals surface area (Å²) in [6, 6.07) is 14.5. The quantitative estimate of drug-likeness (QED) is 0.491. The van der Waals surface area contributed by atoms with Crippen molar-refractivity contribution in [2.75, 3.05) is 19.5 Å². The van der Waals surface area contributed by atoms with E-state index in [4.69, 9.17) is 14.6 Å². The van der Waals surface area contributed by atoms with Crippen molar-refractivity contribution >= 4 is 34.3 Å². The number of aromatic nitrogens is 2. The Hall–Kier alpha value is -3.92. The van der Waals surface area contributed by atoms with Crippen LogP contribution in [0.15, 0.2) is 66.0 Å². The van der Waals surface area contributed by atoms with E-state index in [-0.39, 0.29) is 22.9 Å². The lowest BCUT2D eigenvalue weighted by Crippen LogP contribution is -2.35. The number of hydrogen-bond acceptors (Lipinski definition) is 8. The van der Waals surface area contributed by atoms with Crippen molar-refractivity contribution in [1.29, 1.82) is 0 Å². The molecule has 180 valence electrons. The summed E-state index contributed by atoms with van der Waals surface area (Å²) in [4.78, 5) is 33.5. The van der Waals surface area contributed by atoms with E-state index in [0.29, 0.717) is 17.2 Å². The molecule has 3 aromatic rings. The number of rotatable bonds is 8. The molecule has 0 aliphatic carbocycles. The third-order valence-electron chi connectivity index (χ3n) is 5.39. The van der Waals surface area contributed by atoms with Gasteiger partial charge >= 0.3 is 5.24 Å². The SMILES string of the molecule is CCC1SC(=O)N(Cc2ccccc2NC(=O)c2ncccn2)N=C1c1ccc(OC)c(OC)c1. The van der Waals surface area contributed by atoms with Crippen molar-refractivity contribution in [2.45, 2.75) is 25.1 Å². The first-order chi connectivity index (χ1) is 17.0. The van der Waals surface area contributed by atoms with Gasteiger partial charge in [-0.05, 0) is 42.3 Å². The highest BCUT2D eigenvalue weighted by atomic mass is 32.2. The summed E-state index contributed by atoms with van der Waals surface area (Å²) in [7, 11) is 3.17. The minimum atomic E-state index is -0.432. The first kappa shape index (κ1) is 24.2. The summed E-state index contributed by atoms with van der Waals surface area (Å²) < 4.78 is 10.8. The maximum atomic E-state index is 13.0. The normalized spacial score (nSPS) is 15.4. The predicted molar refractivity (Wildman–Crippen MR) is 135 cm³/mol. The van der Waals surface area contributed by atoms with Gasteiger partial charge in [0.05, 0.1) is 31.7 Å². The number of ether oxygens (including phenoxy) is 2. The molecule has 35 heavy (non-hydrogen) atoms. The van der Waals surface area contributed by atoms with Crippen LogP contribution in [0.1, 0.15) is 35.1 Å². The van der Waals surface area contributed by atoms with E-state index in [2.05, 4.69) is 15.3 Å². The van der Waals surface area contributed by atoms with Crippen molar-refractivity contribution in [2.24, 2.45) is 5.10 Å². The van der Waals surface area contributed by atoms with Crippen LogP contribution in [0.5, 0.6) is 11.5 Å². The number of anilines is 1.